The lowest BCUT2D eigenvalue weighted by atomic mass is 10.2. The molecule has 4 nitrogen and oxygen atoms in total. The molecule has 0 aliphatic heterocycles. The van der Waals surface area contributed by atoms with Gasteiger partial charge in [-0.25, -0.2) is 0 Å². The molecule has 0 bridgehead atoms. The van der Waals surface area contributed by atoms with E-state index in [-0.39, 0.29) is 0 Å². The topological polar surface area (TPSA) is 47.1 Å². The van der Waals surface area contributed by atoms with Crippen LogP contribution in [-0.4, -0.2) is 16.8 Å². The van der Waals surface area contributed by atoms with E-state index in [4.69, 9.17) is 5.73 Å². The van der Waals surface area contributed by atoms with Crippen molar-refractivity contribution in [2.75, 3.05) is 17.7 Å². The maximum absolute atomic E-state index is 6.05. The van der Waals surface area contributed by atoms with Gasteiger partial charge < -0.3 is 10.6 Å². The molecule has 1 aromatic heterocycles. The largest absolute Gasteiger partial charge is 0.397 e. The number of hydrogen-bond acceptors (Lipinski definition) is 3. The molecule has 0 spiro atoms. The lowest BCUT2D eigenvalue weighted by Crippen LogP contribution is -2.18. The molecule has 0 fully saturated rings. The van der Waals surface area contributed by atoms with Crippen LogP contribution >= 0.6 is 15.9 Å². The van der Waals surface area contributed by atoms with Crippen LogP contribution in [0.15, 0.2) is 34.9 Å². The van der Waals surface area contributed by atoms with Crippen LogP contribution in [0.1, 0.15) is 32.0 Å². The van der Waals surface area contributed by atoms with Crippen molar-refractivity contribution >= 4 is 27.3 Å². The summed E-state index contributed by atoms with van der Waals surface area (Å²) < 4.78 is 3.02. The third-order valence-electron chi connectivity index (χ3n) is 3.51. The van der Waals surface area contributed by atoms with Crippen molar-refractivity contribution in [3.63, 3.8) is 0 Å². The van der Waals surface area contributed by atoms with Gasteiger partial charge in [-0.1, -0.05) is 22.9 Å². The third-order valence-corrected chi connectivity index (χ3v) is 4.00. The van der Waals surface area contributed by atoms with Crippen LogP contribution in [0.2, 0.25) is 0 Å². The summed E-state index contributed by atoms with van der Waals surface area (Å²) in [4.78, 5) is 2.12. The third kappa shape index (κ3) is 3.33. The molecule has 0 radical (unpaired) electrons. The summed E-state index contributed by atoms with van der Waals surface area (Å²) in [5.41, 5.74) is 8.89. The zero-order chi connectivity index (χ0) is 14.7. The van der Waals surface area contributed by atoms with Gasteiger partial charge in [-0.3, -0.25) is 4.68 Å². The van der Waals surface area contributed by atoms with Crippen molar-refractivity contribution in [2.45, 2.75) is 32.9 Å². The van der Waals surface area contributed by atoms with Crippen molar-refractivity contribution < 1.29 is 0 Å². The number of rotatable bonds is 5. The van der Waals surface area contributed by atoms with E-state index < -0.39 is 0 Å². The van der Waals surface area contributed by atoms with Crippen LogP contribution in [0.4, 0.5) is 11.4 Å². The van der Waals surface area contributed by atoms with Gasteiger partial charge in [0.15, 0.2) is 0 Å². The number of nitrogen functional groups attached to an aromatic ring is 1. The molecule has 20 heavy (non-hydrogen) atoms. The Bertz CT molecular complexity index is 579. The van der Waals surface area contributed by atoms with Gasteiger partial charge in [-0.2, -0.15) is 5.10 Å². The van der Waals surface area contributed by atoms with Gasteiger partial charge in [-0.05, 0) is 37.6 Å². The maximum atomic E-state index is 6.05. The predicted molar refractivity (Wildman–Crippen MR) is 87.9 cm³/mol. The van der Waals surface area contributed by atoms with Gasteiger partial charge >= 0.3 is 0 Å². The van der Waals surface area contributed by atoms with Crippen molar-refractivity contribution in [3.8, 4) is 0 Å². The minimum atomic E-state index is 0.437. The van der Waals surface area contributed by atoms with Crippen LogP contribution in [0.5, 0.6) is 0 Å². The molecule has 0 saturated heterocycles. The van der Waals surface area contributed by atoms with Crippen LogP contribution in [0.3, 0.4) is 0 Å². The highest BCUT2D eigenvalue weighted by atomic mass is 79.9. The Balaban J connectivity index is 2.11. The summed E-state index contributed by atoms with van der Waals surface area (Å²) in [5.74, 6) is 0. The number of nitrogens with two attached hydrogens (primary N) is 1. The van der Waals surface area contributed by atoms with Crippen molar-refractivity contribution in [2.24, 2.45) is 0 Å². The first kappa shape index (κ1) is 14.9. The minimum Gasteiger partial charge on any atom is -0.397 e. The smallest absolute Gasteiger partial charge is 0.0817 e. The van der Waals surface area contributed by atoms with E-state index in [9.17, 15) is 0 Å². The number of benzene rings is 1. The van der Waals surface area contributed by atoms with Crippen molar-refractivity contribution in [1.82, 2.24) is 9.78 Å². The molecule has 108 valence electrons. The van der Waals surface area contributed by atoms with Gasteiger partial charge in [-0.15, -0.1) is 0 Å². The second-order valence-corrected chi connectivity index (χ2v) is 6.02. The Hall–Kier alpha value is -1.49. The highest BCUT2D eigenvalue weighted by Crippen LogP contribution is 2.26. The Morgan fingerprint density at radius 2 is 2.15 bits per heavy atom. The first-order valence-corrected chi connectivity index (χ1v) is 7.60. The molecule has 1 heterocycles. The van der Waals surface area contributed by atoms with Gasteiger partial charge in [0.2, 0.25) is 0 Å². The van der Waals surface area contributed by atoms with Crippen molar-refractivity contribution in [3.05, 3.63) is 40.6 Å². The first-order chi connectivity index (χ1) is 9.51. The number of hydrogen-bond donors (Lipinski definition) is 1. The van der Waals surface area contributed by atoms with E-state index in [1.165, 1.54) is 0 Å². The normalized spacial score (nSPS) is 12.4. The van der Waals surface area contributed by atoms with Crippen molar-refractivity contribution in [1.29, 1.82) is 0 Å². The van der Waals surface area contributed by atoms with E-state index in [1.807, 2.05) is 36.1 Å². The number of anilines is 2. The fraction of sp³-hybridized carbons (Fsp3) is 0.400. The van der Waals surface area contributed by atoms with E-state index in [0.29, 0.717) is 6.04 Å². The fourth-order valence-corrected chi connectivity index (χ4v) is 2.47. The number of nitrogens with zero attached hydrogens (tertiary/aromatic N) is 3. The minimum absolute atomic E-state index is 0.437. The SMILES string of the molecule is CCC(C)n1ccc(CN(C)c2ccc(Br)cc2N)n1. The highest BCUT2D eigenvalue weighted by molar-refractivity contribution is 9.10. The Labute approximate surface area is 128 Å². The fourth-order valence-electron chi connectivity index (χ4n) is 2.10. The summed E-state index contributed by atoms with van der Waals surface area (Å²) in [5, 5.41) is 4.62. The average Bonchev–Trinajstić information content (AvgIpc) is 2.86. The van der Waals surface area contributed by atoms with E-state index in [1.54, 1.807) is 0 Å². The maximum Gasteiger partial charge on any atom is 0.0817 e. The summed E-state index contributed by atoms with van der Waals surface area (Å²) in [6.07, 6.45) is 3.12. The number of aromatic nitrogens is 2. The van der Waals surface area contributed by atoms with Crippen LogP contribution in [0, 0.1) is 0 Å². The summed E-state index contributed by atoms with van der Waals surface area (Å²) in [6.45, 7) is 5.09. The summed E-state index contributed by atoms with van der Waals surface area (Å²) in [6, 6.07) is 8.44. The quantitative estimate of drug-likeness (QED) is 0.844. The molecule has 2 rings (SSSR count). The average molecular weight is 337 g/mol. The molecule has 0 amide bonds. The monoisotopic (exact) mass is 336 g/mol. The van der Waals surface area contributed by atoms with Crippen LogP contribution < -0.4 is 10.6 Å². The van der Waals surface area contributed by atoms with Crippen LogP contribution in [0.25, 0.3) is 0 Å². The zero-order valence-electron chi connectivity index (χ0n) is 12.2. The molecule has 0 aliphatic rings. The molecule has 2 aromatic rings. The van der Waals surface area contributed by atoms with E-state index in [2.05, 4.69) is 45.8 Å². The van der Waals surface area contributed by atoms with Gasteiger partial charge in [0.25, 0.3) is 0 Å². The second-order valence-electron chi connectivity index (χ2n) is 5.10. The Morgan fingerprint density at radius 3 is 2.80 bits per heavy atom. The Kier molecular flexibility index (Phi) is 4.70. The van der Waals surface area contributed by atoms with Crippen LogP contribution in [-0.2, 0) is 6.54 Å². The molecule has 1 aromatic carbocycles. The van der Waals surface area contributed by atoms with E-state index in [0.717, 1.165) is 34.5 Å². The molecular formula is C15H21BrN4. The highest BCUT2D eigenvalue weighted by Gasteiger charge is 2.09. The molecule has 0 aliphatic carbocycles. The molecule has 0 saturated carbocycles. The second kappa shape index (κ2) is 6.31. The van der Waals surface area contributed by atoms with Gasteiger partial charge in [0.1, 0.15) is 0 Å². The molecule has 2 N–H and O–H groups in total. The van der Waals surface area contributed by atoms with E-state index >= 15 is 0 Å². The van der Waals surface area contributed by atoms with Gasteiger partial charge in [0, 0.05) is 23.8 Å². The summed E-state index contributed by atoms with van der Waals surface area (Å²) >= 11 is 3.43. The molecular weight excluding hydrogens is 316 g/mol. The molecule has 1 atom stereocenters. The Morgan fingerprint density at radius 1 is 1.40 bits per heavy atom. The first-order valence-electron chi connectivity index (χ1n) is 6.81. The molecule has 5 heteroatoms. The summed E-state index contributed by atoms with van der Waals surface area (Å²) in [7, 11) is 2.03. The zero-order valence-corrected chi connectivity index (χ0v) is 13.8. The van der Waals surface area contributed by atoms with Gasteiger partial charge in [0.05, 0.1) is 23.6 Å². The molecule has 1 unspecified atom stereocenters. The lowest BCUT2D eigenvalue weighted by Gasteiger charge is -2.20. The lowest BCUT2D eigenvalue weighted by molar-refractivity contribution is 0.473. The predicted octanol–water partition coefficient (Wildman–Crippen LogP) is 3.84. The number of halogens is 1. The standard InChI is InChI=1S/C15H21BrN4/c1-4-11(2)20-8-7-13(18-20)10-19(3)15-6-5-12(16)9-14(15)17/h5-9,11H,4,10,17H2,1-3H3.